The van der Waals surface area contributed by atoms with Crippen LogP contribution in [0.2, 0.25) is 0 Å². The van der Waals surface area contributed by atoms with Gasteiger partial charge in [0.2, 0.25) is 11.1 Å². The predicted molar refractivity (Wildman–Crippen MR) is 124 cm³/mol. The van der Waals surface area contributed by atoms with Crippen molar-refractivity contribution in [3.05, 3.63) is 75.4 Å². The lowest BCUT2D eigenvalue weighted by Crippen LogP contribution is -2.31. The number of fused-ring (bicyclic) bond motifs is 1. The van der Waals surface area contributed by atoms with Crippen molar-refractivity contribution in [3.63, 3.8) is 0 Å². The van der Waals surface area contributed by atoms with Gasteiger partial charge in [0.25, 0.3) is 0 Å². The van der Waals surface area contributed by atoms with Gasteiger partial charge in [0.05, 0.1) is 11.6 Å². The number of rotatable bonds is 5. The Balaban J connectivity index is 1.53. The van der Waals surface area contributed by atoms with Crippen LogP contribution >= 0.6 is 27.7 Å². The number of halogens is 1. The highest BCUT2D eigenvalue weighted by Gasteiger charge is 2.37. The molecule has 0 fully saturated rings. The molecule has 1 aliphatic heterocycles. The first-order chi connectivity index (χ1) is 15.1. The van der Waals surface area contributed by atoms with Gasteiger partial charge in [0, 0.05) is 23.4 Å². The first-order valence-electron chi connectivity index (χ1n) is 10.1. The maximum absolute atomic E-state index is 12.9. The summed E-state index contributed by atoms with van der Waals surface area (Å²) in [5.41, 5.74) is 3.95. The van der Waals surface area contributed by atoms with Crippen LogP contribution in [0.15, 0.2) is 69.4 Å². The van der Waals surface area contributed by atoms with E-state index >= 15 is 0 Å². The molecule has 2 heterocycles. The number of carbonyl (C=O) groups excluding carboxylic acids is 1. The molecule has 31 heavy (non-hydrogen) atoms. The molecule has 0 bridgehead atoms. The van der Waals surface area contributed by atoms with E-state index in [-0.39, 0.29) is 11.8 Å². The fourth-order valence-electron chi connectivity index (χ4n) is 4.08. The third-order valence-corrected chi connectivity index (χ3v) is 7.08. The van der Waals surface area contributed by atoms with Crippen molar-refractivity contribution < 1.29 is 9.53 Å². The highest BCUT2D eigenvalue weighted by Crippen LogP contribution is 2.42. The summed E-state index contributed by atoms with van der Waals surface area (Å²) >= 11 is 5.17. The summed E-state index contributed by atoms with van der Waals surface area (Å²) in [4.78, 5) is 17.7. The van der Waals surface area contributed by atoms with E-state index in [1.165, 1.54) is 5.56 Å². The van der Waals surface area contributed by atoms with E-state index in [1.54, 1.807) is 18.9 Å². The van der Waals surface area contributed by atoms with Crippen molar-refractivity contribution in [2.45, 2.75) is 36.2 Å². The van der Waals surface area contributed by atoms with E-state index < -0.39 is 0 Å². The first-order valence-corrected chi connectivity index (χ1v) is 11.9. The number of benzene rings is 2. The molecule has 0 amide bonds. The predicted octanol–water partition coefficient (Wildman–Crippen LogP) is 5.36. The second-order valence-electron chi connectivity index (χ2n) is 7.53. The largest absolute Gasteiger partial charge is 0.496 e. The lowest BCUT2D eigenvalue weighted by Gasteiger charge is -2.32. The lowest BCUT2D eigenvalue weighted by atomic mass is 9.85. The number of carbonyl (C=O) groups is 1. The Morgan fingerprint density at radius 2 is 2.06 bits per heavy atom. The van der Waals surface area contributed by atoms with Crippen LogP contribution in [0.5, 0.6) is 5.75 Å². The van der Waals surface area contributed by atoms with Crippen LogP contribution in [-0.4, -0.2) is 27.7 Å². The number of nitrogens with zero attached hydrogens (tertiary/aromatic N) is 3. The number of aromatic nitrogens is 3. The molecule has 1 atom stereocenters. The molecule has 8 heteroatoms. The second kappa shape index (κ2) is 8.51. The summed E-state index contributed by atoms with van der Waals surface area (Å²) in [6.07, 6.45) is 2.26. The molecular formula is C23H21BrN4O2S. The van der Waals surface area contributed by atoms with Crippen LogP contribution in [-0.2, 0) is 10.5 Å². The van der Waals surface area contributed by atoms with Gasteiger partial charge < -0.3 is 10.1 Å². The third kappa shape index (κ3) is 3.90. The molecule has 0 spiro atoms. The molecular weight excluding hydrogens is 476 g/mol. The molecule has 2 aromatic carbocycles. The van der Waals surface area contributed by atoms with Crippen LogP contribution in [0.1, 0.15) is 36.4 Å². The molecule has 0 saturated carbocycles. The number of ether oxygens (including phenoxy) is 1. The molecule has 1 unspecified atom stereocenters. The zero-order valence-electron chi connectivity index (χ0n) is 17.0. The van der Waals surface area contributed by atoms with E-state index in [1.807, 2.05) is 41.1 Å². The number of thioether (sulfide) groups is 1. The Morgan fingerprint density at radius 1 is 1.23 bits per heavy atom. The molecule has 1 aromatic heterocycles. The summed E-state index contributed by atoms with van der Waals surface area (Å²) in [5.74, 6) is 2.39. The van der Waals surface area contributed by atoms with E-state index in [0.29, 0.717) is 17.5 Å². The number of hydrogen-bond donors (Lipinski definition) is 1. The molecule has 3 aromatic rings. The van der Waals surface area contributed by atoms with Gasteiger partial charge in [-0.05, 0) is 52.0 Å². The highest BCUT2D eigenvalue weighted by atomic mass is 79.9. The number of allylic oxidation sites excluding steroid dienone is 2. The first kappa shape index (κ1) is 20.3. The normalized spacial score (nSPS) is 17.7. The van der Waals surface area contributed by atoms with Crippen molar-refractivity contribution in [2.24, 2.45) is 0 Å². The Hall–Kier alpha value is -2.58. The second-order valence-corrected chi connectivity index (χ2v) is 9.32. The molecule has 1 aliphatic carbocycles. The van der Waals surface area contributed by atoms with Gasteiger partial charge in [-0.1, -0.05) is 48.2 Å². The number of Topliss-reactive ketones (excluding diaryl/α,β-unsaturated/α-hetero) is 1. The molecule has 0 saturated heterocycles. The fraction of sp³-hybridized carbons (Fsp3) is 0.261. The topological polar surface area (TPSA) is 69.0 Å². The van der Waals surface area contributed by atoms with Crippen LogP contribution in [0, 0.1) is 0 Å². The number of hydrogen-bond acceptors (Lipinski definition) is 6. The standard InChI is InChI=1S/C23H21BrN4O2S/c1-30-19-11-10-15(12-16(19)24)21-20-17(8-5-9-18(20)29)25-22-26-23(27-28(21)22)31-13-14-6-3-2-4-7-14/h2-4,6-7,10-12,21H,5,8-9,13H2,1H3,(H,25,26,27). The van der Waals surface area contributed by atoms with Crippen molar-refractivity contribution in [3.8, 4) is 5.75 Å². The fourth-order valence-corrected chi connectivity index (χ4v) is 5.42. The maximum Gasteiger partial charge on any atom is 0.227 e. The summed E-state index contributed by atoms with van der Waals surface area (Å²) in [7, 11) is 1.64. The van der Waals surface area contributed by atoms with E-state index in [9.17, 15) is 4.79 Å². The van der Waals surface area contributed by atoms with Gasteiger partial charge in [0.1, 0.15) is 11.8 Å². The van der Waals surface area contributed by atoms with Crippen molar-refractivity contribution in [2.75, 3.05) is 12.4 Å². The van der Waals surface area contributed by atoms with Crippen LogP contribution in [0.25, 0.3) is 0 Å². The number of ketones is 1. The number of methoxy groups -OCH3 is 1. The van der Waals surface area contributed by atoms with E-state index in [0.717, 1.165) is 45.7 Å². The molecule has 5 rings (SSSR count). The smallest absolute Gasteiger partial charge is 0.227 e. The van der Waals surface area contributed by atoms with Crippen LogP contribution in [0.3, 0.4) is 0 Å². The zero-order chi connectivity index (χ0) is 21.4. The Morgan fingerprint density at radius 3 is 2.84 bits per heavy atom. The van der Waals surface area contributed by atoms with Crippen molar-refractivity contribution in [1.29, 1.82) is 0 Å². The van der Waals surface area contributed by atoms with Gasteiger partial charge in [0.15, 0.2) is 5.78 Å². The average Bonchev–Trinajstić information content (AvgIpc) is 3.19. The van der Waals surface area contributed by atoms with Crippen LogP contribution in [0.4, 0.5) is 5.95 Å². The summed E-state index contributed by atoms with van der Waals surface area (Å²) < 4.78 is 8.08. The lowest BCUT2D eigenvalue weighted by molar-refractivity contribution is -0.116. The van der Waals surface area contributed by atoms with E-state index in [4.69, 9.17) is 14.8 Å². The Labute approximate surface area is 193 Å². The summed E-state index contributed by atoms with van der Waals surface area (Å²) in [5, 5.41) is 8.87. The quantitative estimate of drug-likeness (QED) is 0.479. The molecule has 0 radical (unpaired) electrons. The Kier molecular flexibility index (Phi) is 5.58. The number of nitrogens with one attached hydrogen (secondary N) is 1. The minimum absolute atomic E-state index is 0.172. The van der Waals surface area contributed by atoms with Crippen molar-refractivity contribution >= 4 is 39.4 Å². The third-order valence-electron chi connectivity index (χ3n) is 5.55. The maximum atomic E-state index is 12.9. The minimum atomic E-state index is -0.306. The van der Waals surface area contributed by atoms with Gasteiger partial charge in [-0.2, -0.15) is 4.98 Å². The van der Waals surface area contributed by atoms with Gasteiger partial charge in [-0.25, -0.2) is 4.68 Å². The van der Waals surface area contributed by atoms with Gasteiger partial charge >= 0.3 is 0 Å². The summed E-state index contributed by atoms with van der Waals surface area (Å²) in [6, 6.07) is 15.9. The zero-order valence-corrected chi connectivity index (χ0v) is 19.4. The number of anilines is 1. The van der Waals surface area contributed by atoms with Gasteiger partial charge in [-0.3, -0.25) is 4.79 Å². The van der Waals surface area contributed by atoms with Gasteiger partial charge in [-0.15, -0.1) is 5.10 Å². The molecule has 158 valence electrons. The molecule has 2 aliphatic rings. The highest BCUT2D eigenvalue weighted by molar-refractivity contribution is 9.10. The summed E-state index contributed by atoms with van der Waals surface area (Å²) in [6.45, 7) is 0. The minimum Gasteiger partial charge on any atom is -0.496 e. The average molecular weight is 497 g/mol. The van der Waals surface area contributed by atoms with E-state index in [2.05, 4.69) is 33.4 Å². The SMILES string of the molecule is COc1ccc(C2C3=C(CCCC3=O)Nc3nc(SCc4ccccc4)nn32)cc1Br. The Bertz CT molecular complexity index is 1180. The van der Waals surface area contributed by atoms with Crippen molar-refractivity contribution in [1.82, 2.24) is 14.8 Å². The van der Waals surface area contributed by atoms with Crippen LogP contribution < -0.4 is 10.1 Å². The molecule has 6 nitrogen and oxygen atoms in total. The molecule has 1 N–H and O–H groups in total. The monoisotopic (exact) mass is 496 g/mol.